The van der Waals surface area contributed by atoms with Crippen molar-refractivity contribution in [1.82, 2.24) is 15.2 Å². The van der Waals surface area contributed by atoms with E-state index >= 15 is 0 Å². The SMILES string of the molecule is CN(C)C(CC1COCCN1)c1ccccn1. The predicted molar refractivity (Wildman–Crippen MR) is 67.9 cm³/mol. The van der Waals surface area contributed by atoms with Crippen LogP contribution < -0.4 is 5.32 Å². The fraction of sp³-hybridized carbons (Fsp3) is 0.615. The average molecular weight is 235 g/mol. The molecule has 1 aromatic heterocycles. The maximum absolute atomic E-state index is 5.50. The predicted octanol–water partition coefficient (Wildman–Crippen LogP) is 1.06. The van der Waals surface area contributed by atoms with E-state index in [0.29, 0.717) is 12.1 Å². The van der Waals surface area contributed by atoms with Crippen molar-refractivity contribution in [3.8, 4) is 0 Å². The van der Waals surface area contributed by atoms with Crippen LogP contribution in [0.4, 0.5) is 0 Å². The highest BCUT2D eigenvalue weighted by Crippen LogP contribution is 2.22. The third kappa shape index (κ3) is 3.49. The lowest BCUT2D eigenvalue weighted by Gasteiger charge is -2.30. The van der Waals surface area contributed by atoms with E-state index in [9.17, 15) is 0 Å². The van der Waals surface area contributed by atoms with Gasteiger partial charge in [-0.25, -0.2) is 0 Å². The number of nitrogens with one attached hydrogen (secondary N) is 1. The summed E-state index contributed by atoms with van der Waals surface area (Å²) < 4.78 is 5.50. The maximum Gasteiger partial charge on any atom is 0.0620 e. The normalized spacial score (nSPS) is 22.6. The summed E-state index contributed by atoms with van der Waals surface area (Å²) in [6.07, 6.45) is 2.89. The molecule has 2 heterocycles. The van der Waals surface area contributed by atoms with Gasteiger partial charge in [-0.1, -0.05) is 6.07 Å². The Labute approximate surface area is 103 Å². The monoisotopic (exact) mass is 235 g/mol. The van der Waals surface area contributed by atoms with Crippen LogP contribution in [0.3, 0.4) is 0 Å². The Hall–Kier alpha value is -0.970. The smallest absolute Gasteiger partial charge is 0.0620 e. The summed E-state index contributed by atoms with van der Waals surface area (Å²) in [7, 11) is 4.20. The van der Waals surface area contributed by atoms with Crippen molar-refractivity contribution in [2.45, 2.75) is 18.5 Å². The van der Waals surface area contributed by atoms with Crippen LogP contribution in [0.25, 0.3) is 0 Å². The number of nitrogens with zero attached hydrogens (tertiary/aromatic N) is 2. The Morgan fingerprint density at radius 1 is 1.53 bits per heavy atom. The van der Waals surface area contributed by atoms with E-state index in [1.807, 2.05) is 18.3 Å². The van der Waals surface area contributed by atoms with Gasteiger partial charge in [0.25, 0.3) is 0 Å². The van der Waals surface area contributed by atoms with Gasteiger partial charge in [-0.15, -0.1) is 0 Å². The van der Waals surface area contributed by atoms with Crippen LogP contribution in [-0.4, -0.2) is 49.8 Å². The lowest BCUT2D eigenvalue weighted by Crippen LogP contribution is -2.43. The van der Waals surface area contributed by atoms with Gasteiger partial charge in [-0.2, -0.15) is 0 Å². The van der Waals surface area contributed by atoms with E-state index in [1.54, 1.807) is 0 Å². The van der Waals surface area contributed by atoms with Crippen molar-refractivity contribution in [2.75, 3.05) is 33.9 Å². The van der Waals surface area contributed by atoms with Gasteiger partial charge < -0.3 is 15.0 Å². The number of hydrogen-bond acceptors (Lipinski definition) is 4. The standard InChI is InChI=1S/C13H21N3O/c1-16(2)13(12-5-3-4-6-15-12)9-11-10-17-8-7-14-11/h3-6,11,13-14H,7-10H2,1-2H3. The van der Waals surface area contributed by atoms with Crippen LogP contribution in [0.5, 0.6) is 0 Å². The number of hydrogen-bond donors (Lipinski definition) is 1. The van der Waals surface area contributed by atoms with Crippen molar-refractivity contribution in [1.29, 1.82) is 0 Å². The van der Waals surface area contributed by atoms with Crippen molar-refractivity contribution in [3.63, 3.8) is 0 Å². The average Bonchev–Trinajstić information content (AvgIpc) is 2.38. The molecule has 1 N–H and O–H groups in total. The first-order chi connectivity index (χ1) is 8.27. The number of morpholine rings is 1. The third-order valence-corrected chi connectivity index (χ3v) is 3.16. The second-order valence-electron chi connectivity index (χ2n) is 4.70. The summed E-state index contributed by atoms with van der Waals surface area (Å²) >= 11 is 0. The van der Waals surface area contributed by atoms with Gasteiger partial charge in [-0.05, 0) is 32.6 Å². The van der Waals surface area contributed by atoms with Gasteiger partial charge in [-0.3, -0.25) is 4.98 Å². The number of ether oxygens (including phenoxy) is 1. The molecule has 1 aromatic rings. The molecular formula is C13H21N3O. The lowest BCUT2D eigenvalue weighted by atomic mass is 10.0. The van der Waals surface area contributed by atoms with Gasteiger partial charge in [0.05, 0.1) is 24.9 Å². The lowest BCUT2D eigenvalue weighted by molar-refractivity contribution is 0.0644. The van der Waals surface area contributed by atoms with Gasteiger partial charge in [0.15, 0.2) is 0 Å². The summed E-state index contributed by atoms with van der Waals surface area (Å²) in [5, 5.41) is 3.49. The molecule has 94 valence electrons. The molecule has 1 saturated heterocycles. The van der Waals surface area contributed by atoms with Gasteiger partial charge >= 0.3 is 0 Å². The highest BCUT2D eigenvalue weighted by Gasteiger charge is 2.22. The summed E-state index contributed by atoms with van der Waals surface area (Å²) in [5.74, 6) is 0. The van der Waals surface area contributed by atoms with Crippen molar-refractivity contribution in [3.05, 3.63) is 30.1 Å². The van der Waals surface area contributed by atoms with Crippen molar-refractivity contribution in [2.24, 2.45) is 0 Å². The number of aromatic nitrogens is 1. The Kier molecular flexibility index (Phi) is 4.48. The first-order valence-corrected chi connectivity index (χ1v) is 6.16. The van der Waals surface area contributed by atoms with E-state index in [4.69, 9.17) is 4.74 Å². The maximum atomic E-state index is 5.50. The van der Waals surface area contributed by atoms with Gasteiger partial charge in [0, 0.05) is 18.8 Å². The van der Waals surface area contributed by atoms with E-state index in [-0.39, 0.29) is 0 Å². The molecule has 0 aromatic carbocycles. The van der Waals surface area contributed by atoms with E-state index in [0.717, 1.165) is 31.9 Å². The molecule has 4 heteroatoms. The van der Waals surface area contributed by atoms with Crippen LogP contribution in [0.2, 0.25) is 0 Å². The molecule has 0 amide bonds. The molecule has 0 radical (unpaired) electrons. The zero-order valence-corrected chi connectivity index (χ0v) is 10.6. The second kappa shape index (κ2) is 6.10. The third-order valence-electron chi connectivity index (χ3n) is 3.16. The zero-order valence-electron chi connectivity index (χ0n) is 10.6. The topological polar surface area (TPSA) is 37.4 Å². The molecule has 0 spiro atoms. The van der Waals surface area contributed by atoms with E-state index < -0.39 is 0 Å². The minimum absolute atomic E-state index is 0.343. The van der Waals surface area contributed by atoms with Gasteiger partial charge in [0.2, 0.25) is 0 Å². The molecule has 4 nitrogen and oxygen atoms in total. The van der Waals surface area contributed by atoms with Crippen LogP contribution in [-0.2, 0) is 4.74 Å². The molecule has 1 aliphatic rings. The van der Waals surface area contributed by atoms with Crippen LogP contribution in [0, 0.1) is 0 Å². The fourth-order valence-electron chi connectivity index (χ4n) is 2.21. The van der Waals surface area contributed by atoms with Crippen molar-refractivity contribution < 1.29 is 4.74 Å². The highest BCUT2D eigenvalue weighted by molar-refractivity contribution is 5.09. The molecule has 0 aliphatic carbocycles. The minimum Gasteiger partial charge on any atom is -0.379 e. The summed E-state index contributed by atoms with van der Waals surface area (Å²) in [6.45, 7) is 2.58. The zero-order chi connectivity index (χ0) is 12.1. The van der Waals surface area contributed by atoms with Crippen LogP contribution in [0.1, 0.15) is 18.2 Å². The fourth-order valence-corrected chi connectivity index (χ4v) is 2.21. The first-order valence-electron chi connectivity index (χ1n) is 6.16. The molecule has 17 heavy (non-hydrogen) atoms. The Bertz CT molecular complexity index is 323. The Morgan fingerprint density at radius 3 is 3.00 bits per heavy atom. The minimum atomic E-state index is 0.343. The molecule has 2 rings (SSSR count). The summed E-state index contributed by atoms with van der Waals surface area (Å²) in [6, 6.07) is 6.87. The van der Waals surface area contributed by atoms with E-state index in [2.05, 4.69) is 35.4 Å². The molecular weight excluding hydrogens is 214 g/mol. The Balaban J connectivity index is 2.02. The summed E-state index contributed by atoms with van der Waals surface area (Å²) in [5.41, 5.74) is 1.13. The second-order valence-corrected chi connectivity index (χ2v) is 4.70. The van der Waals surface area contributed by atoms with Crippen LogP contribution in [0.15, 0.2) is 24.4 Å². The number of pyridine rings is 1. The molecule has 1 fully saturated rings. The molecule has 1 aliphatic heterocycles. The molecule has 2 unspecified atom stereocenters. The van der Waals surface area contributed by atoms with Crippen molar-refractivity contribution >= 4 is 0 Å². The van der Waals surface area contributed by atoms with Crippen LogP contribution >= 0.6 is 0 Å². The van der Waals surface area contributed by atoms with Gasteiger partial charge in [0.1, 0.15) is 0 Å². The highest BCUT2D eigenvalue weighted by atomic mass is 16.5. The molecule has 0 bridgehead atoms. The molecule has 0 saturated carbocycles. The first kappa shape index (κ1) is 12.5. The number of rotatable bonds is 4. The Morgan fingerprint density at radius 2 is 2.41 bits per heavy atom. The van der Waals surface area contributed by atoms with E-state index in [1.165, 1.54) is 0 Å². The summed E-state index contributed by atoms with van der Waals surface area (Å²) in [4.78, 5) is 6.68. The quantitative estimate of drug-likeness (QED) is 0.847. The largest absolute Gasteiger partial charge is 0.379 e. The molecule has 2 atom stereocenters.